The molecule has 2 rings (SSSR count). The third-order valence-corrected chi connectivity index (χ3v) is 5.62. The number of hydrogen-bond donors (Lipinski definition) is 1. The van der Waals surface area contributed by atoms with Crippen LogP contribution in [-0.2, 0) is 11.3 Å². The third kappa shape index (κ3) is 8.65. The van der Waals surface area contributed by atoms with Gasteiger partial charge in [0.25, 0.3) is 0 Å². The Morgan fingerprint density at radius 3 is 2.55 bits per heavy atom. The number of ether oxygens (including phenoxy) is 1. The van der Waals surface area contributed by atoms with Gasteiger partial charge in [-0.1, -0.05) is 0 Å². The molecule has 9 heteroatoms. The van der Waals surface area contributed by atoms with Crippen molar-refractivity contribution in [2.75, 3.05) is 33.2 Å². The van der Waals surface area contributed by atoms with Crippen LogP contribution in [0.1, 0.15) is 50.4 Å². The van der Waals surface area contributed by atoms with E-state index in [4.69, 9.17) is 4.74 Å². The van der Waals surface area contributed by atoms with E-state index in [1.807, 2.05) is 45.8 Å². The lowest BCUT2D eigenvalue weighted by atomic mass is 9.96. The first-order chi connectivity index (χ1) is 13.2. The third-order valence-electron chi connectivity index (χ3n) is 4.70. The first-order valence-corrected chi connectivity index (χ1v) is 10.9. The minimum absolute atomic E-state index is 0. The lowest BCUT2D eigenvalue weighted by Crippen LogP contribution is -2.47. The van der Waals surface area contributed by atoms with Gasteiger partial charge in [-0.05, 0) is 53.4 Å². The van der Waals surface area contributed by atoms with Gasteiger partial charge in [0.15, 0.2) is 5.96 Å². The topological polar surface area (TPSA) is 70.1 Å². The zero-order valence-electron chi connectivity index (χ0n) is 18.5. The number of guanidine groups is 1. The molecule has 1 aromatic rings. The highest BCUT2D eigenvalue weighted by Crippen LogP contribution is 2.20. The van der Waals surface area contributed by atoms with Crippen LogP contribution < -0.4 is 5.32 Å². The summed E-state index contributed by atoms with van der Waals surface area (Å²) in [6.07, 6.45) is 3.76. The van der Waals surface area contributed by atoms with E-state index in [0.29, 0.717) is 19.0 Å². The molecule has 29 heavy (non-hydrogen) atoms. The number of likely N-dealkylation sites (tertiary alicyclic amines) is 1. The van der Waals surface area contributed by atoms with Crippen LogP contribution in [0.2, 0.25) is 0 Å². The van der Waals surface area contributed by atoms with Crippen molar-refractivity contribution in [1.29, 1.82) is 0 Å². The van der Waals surface area contributed by atoms with Crippen LogP contribution in [0.15, 0.2) is 11.2 Å². The van der Waals surface area contributed by atoms with Gasteiger partial charge in [0.1, 0.15) is 10.6 Å². The second-order valence-electron chi connectivity index (χ2n) is 8.21. The Morgan fingerprint density at radius 1 is 1.41 bits per heavy atom. The largest absolute Gasteiger partial charge is 0.444 e. The number of aromatic nitrogens is 1. The van der Waals surface area contributed by atoms with Gasteiger partial charge in [0.05, 0.1) is 6.54 Å². The van der Waals surface area contributed by atoms with Crippen LogP contribution in [0.3, 0.4) is 0 Å². The Labute approximate surface area is 196 Å². The molecule has 1 N–H and O–H groups in total. The smallest absolute Gasteiger partial charge is 0.410 e. The Bertz CT molecular complexity index is 666. The van der Waals surface area contributed by atoms with Crippen molar-refractivity contribution < 1.29 is 9.53 Å². The predicted molar refractivity (Wildman–Crippen MR) is 130 cm³/mol. The van der Waals surface area contributed by atoms with Crippen LogP contribution >= 0.6 is 35.3 Å². The SMILES string of the molecule is CCN(CC1CCN(C(=NC)NCc2ncc(C)s2)CC1)C(=O)OC(C)(C)C.I. The van der Waals surface area contributed by atoms with E-state index in [9.17, 15) is 4.79 Å². The minimum Gasteiger partial charge on any atom is -0.444 e. The van der Waals surface area contributed by atoms with Crippen LogP contribution in [0, 0.1) is 12.8 Å². The quantitative estimate of drug-likeness (QED) is 0.348. The van der Waals surface area contributed by atoms with E-state index in [-0.39, 0.29) is 30.1 Å². The van der Waals surface area contributed by atoms with Crippen LogP contribution in [0.4, 0.5) is 4.79 Å². The molecule has 0 aromatic carbocycles. The highest BCUT2D eigenvalue weighted by Gasteiger charge is 2.27. The molecular formula is C20H36IN5O2S. The van der Waals surface area contributed by atoms with E-state index >= 15 is 0 Å². The number of rotatable bonds is 5. The summed E-state index contributed by atoms with van der Waals surface area (Å²) >= 11 is 1.71. The van der Waals surface area contributed by atoms with Crippen molar-refractivity contribution in [1.82, 2.24) is 20.1 Å². The maximum Gasteiger partial charge on any atom is 0.410 e. The molecular weight excluding hydrogens is 501 g/mol. The van der Waals surface area contributed by atoms with E-state index in [2.05, 4.69) is 27.1 Å². The van der Waals surface area contributed by atoms with Gasteiger partial charge in [-0.25, -0.2) is 9.78 Å². The number of hydrogen-bond acceptors (Lipinski definition) is 5. The van der Waals surface area contributed by atoms with Gasteiger partial charge in [0.2, 0.25) is 0 Å². The molecule has 0 atom stereocenters. The van der Waals surface area contributed by atoms with Crippen molar-refractivity contribution in [3.05, 3.63) is 16.1 Å². The summed E-state index contributed by atoms with van der Waals surface area (Å²) in [5.41, 5.74) is -0.456. The fourth-order valence-electron chi connectivity index (χ4n) is 3.27. The average molecular weight is 538 g/mol. The molecule has 1 aliphatic heterocycles. The number of aliphatic imine (C=N–C) groups is 1. The number of piperidine rings is 1. The van der Waals surface area contributed by atoms with Gasteiger partial charge in [-0.2, -0.15) is 0 Å². The minimum atomic E-state index is -0.456. The normalized spacial score (nSPS) is 15.7. The number of thiazole rings is 1. The van der Waals surface area contributed by atoms with Crippen molar-refractivity contribution >= 4 is 47.4 Å². The van der Waals surface area contributed by atoms with E-state index in [0.717, 1.165) is 43.4 Å². The number of carbonyl (C=O) groups is 1. The molecule has 1 aliphatic rings. The van der Waals surface area contributed by atoms with Crippen LogP contribution in [0.5, 0.6) is 0 Å². The van der Waals surface area contributed by atoms with Gasteiger partial charge < -0.3 is 19.9 Å². The molecule has 0 bridgehead atoms. The number of aryl methyl sites for hydroxylation is 1. The van der Waals surface area contributed by atoms with Gasteiger partial charge in [-0.3, -0.25) is 4.99 Å². The van der Waals surface area contributed by atoms with Gasteiger partial charge in [0, 0.05) is 44.3 Å². The molecule has 166 valence electrons. The number of nitrogens with one attached hydrogen (secondary N) is 1. The number of carbonyl (C=O) groups excluding carboxylic acids is 1. The standard InChI is InChI=1S/C20H35N5O2S.HI/c1-7-24(19(26)27-20(3,4)5)14-16-8-10-25(11-9-16)18(21-6)23-13-17-22-12-15(2)28-17;/h12,16H,7-11,13-14H2,1-6H3,(H,21,23);1H. The maximum atomic E-state index is 12.4. The molecule has 0 radical (unpaired) electrons. The van der Waals surface area contributed by atoms with Crippen molar-refractivity contribution in [3.63, 3.8) is 0 Å². The highest BCUT2D eigenvalue weighted by atomic mass is 127. The molecule has 1 aromatic heterocycles. The molecule has 2 heterocycles. The fourth-order valence-corrected chi connectivity index (χ4v) is 4.00. The predicted octanol–water partition coefficient (Wildman–Crippen LogP) is 4.11. The Kier molecular flexibility index (Phi) is 10.7. The number of amides is 1. The lowest BCUT2D eigenvalue weighted by Gasteiger charge is -2.36. The summed E-state index contributed by atoms with van der Waals surface area (Å²) in [6, 6.07) is 0. The van der Waals surface area contributed by atoms with Gasteiger partial charge in [-0.15, -0.1) is 35.3 Å². The second-order valence-corrected chi connectivity index (χ2v) is 9.53. The van der Waals surface area contributed by atoms with Gasteiger partial charge >= 0.3 is 6.09 Å². The van der Waals surface area contributed by atoms with Crippen LogP contribution in [0.25, 0.3) is 0 Å². The molecule has 1 fully saturated rings. The zero-order valence-corrected chi connectivity index (χ0v) is 21.7. The zero-order chi connectivity index (χ0) is 20.7. The Balaban J connectivity index is 0.00000420. The fraction of sp³-hybridized carbons (Fsp3) is 0.750. The maximum absolute atomic E-state index is 12.4. The first kappa shape index (κ1) is 25.9. The van der Waals surface area contributed by atoms with E-state index in [1.54, 1.807) is 11.3 Å². The lowest BCUT2D eigenvalue weighted by molar-refractivity contribution is 0.0214. The monoisotopic (exact) mass is 537 g/mol. The summed E-state index contributed by atoms with van der Waals surface area (Å²) in [4.78, 5) is 26.5. The summed E-state index contributed by atoms with van der Waals surface area (Å²) in [5, 5.41) is 4.49. The van der Waals surface area contributed by atoms with Crippen molar-refractivity contribution in [2.45, 2.75) is 59.6 Å². The number of halogens is 1. The van der Waals surface area contributed by atoms with Crippen molar-refractivity contribution in [3.8, 4) is 0 Å². The molecule has 7 nitrogen and oxygen atoms in total. The molecule has 0 unspecified atom stereocenters. The summed E-state index contributed by atoms with van der Waals surface area (Å²) in [6.45, 7) is 13.8. The van der Waals surface area contributed by atoms with E-state index in [1.165, 1.54) is 4.88 Å². The highest BCUT2D eigenvalue weighted by molar-refractivity contribution is 14.0. The molecule has 0 spiro atoms. The molecule has 1 saturated heterocycles. The summed E-state index contributed by atoms with van der Waals surface area (Å²) in [5.74, 6) is 1.41. The molecule has 0 aliphatic carbocycles. The number of nitrogens with zero attached hydrogens (tertiary/aromatic N) is 4. The average Bonchev–Trinajstić information content (AvgIpc) is 3.05. The Morgan fingerprint density at radius 2 is 2.07 bits per heavy atom. The molecule has 1 amide bonds. The second kappa shape index (κ2) is 11.9. The van der Waals surface area contributed by atoms with Crippen molar-refractivity contribution in [2.24, 2.45) is 10.9 Å². The van der Waals surface area contributed by atoms with Crippen LogP contribution in [-0.4, -0.2) is 65.7 Å². The summed E-state index contributed by atoms with van der Waals surface area (Å²) in [7, 11) is 1.82. The molecule has 0 saturated carbocycles. The first-order valence-electron chi connectivity index (χ1n) is 10.1. The van der Waals surface area contributed by atoms with E-state index < -0.39 is 5.60 Å². The Hall–Kier alpha value is -1.10. The summed E-state index contributed by atoms with van der Waals surface area (Å²) < 4.78 is 5.53.